The van der Waals surface area contributed by atoms with Crippen molar-refractivity contribution in [2.75, 3.05) is 19.8 Å². The zero-order chi connectivity index (χ0) is 58.2. The molecule has 0 bridgehead atoms. The Hall–Kier alpha value is -15.3. The van der Waals surface area contributed by atoms with Crippen LogP contribution in [0, 0.1) is 361 Å². The van der Waals surface area contributed by atoms with Gasteiger partial charge in [0.25, 0.3) is 0 Å². The van der Waals surface area contributed by atoms with E-state index in [2.05, 4.69) is 355 Å². The number of carbonyl (C=O) groups is 4. The van der Waals surface area contributed by atoms with Crippen molar-refractivity contribution in [2.45, 2.75) is 27.2 Å². The Labute approximate surface area is 467 Å². The molecule has 0 aromatic rings. The molecule has 0 aliphatic carbocycles. The highest BCUT2D eigenvalue weighted by molar-refractivity contribution is 5.90. The van der Waals surface area contributed by atoms with Gasteiger partial charge >= 0.3 is 23.9 Å². The van der Waals surface area contributed by atoms with E-state index in [1.165, 1.54) is 0 Å². The molecule has 0 aromatic heterocycles. The Balaban J connectivity index is 6.11. The van der Waals surface area contributed by atoms with Crippen LogP contribution in [0.1, 0.15) is 27.2 Å². The summed E-state index contributed by atoms with van der Waals surface area (Å²) < 4.78 is 15.4. The van der Waals surface area contributed by atoms with Gasteiger partial charge in [-0.2, -0.15) is 0 Å². The van der Waals surface area contributed by atoms with Gasteiger partial charge in [0.15, 0.2) is 0 Å². The molecule has 0 aliphatic rings. The first-order valence-electron chi connectivity index (χ1n) is 20.8. The zero-order valence-electron chi connectivity index (χ0n) is 41.6. The van der Waals surface area contributed by atoms with Gasteiger partial charge in [0, 0.05) is 53.3 Å². The molecule has 0 radical (unpaired) electrons. The number of carboxylic acids is 1. The van der Waals surface area contributed by atoms with Crippen LogP contribution in [0.4, 0.5) is 0 Å². The van der Waals surface area contributed by atoms with Gasteiger partial charge in [0.1, 0.15) is 19.8 Å². The summed E-state index contributed by atoms with van der Waals surface area (Å²) in [4.78, 5) is 49.6. The molecule has 0 heterocycles. The number of carbonyl (C=O) groups excluding carboxylic acids is 3. The van der Waals surface area contributed by atoms with Gasteiger partial charge in [-0.15, -0.1) is 0 Å². The number of rotatable bonds is 8. The van der Waals surface area contributed by atoms with Crippen molar-refractivity contribution < 1.29 is 38.5 Å². The van der Waals surface area contributed by atoms with E-state index in [4.69, 9.17) is 14.2 Å². The van der Waals surface area contributed by atoms with Gasteiger partial charge in [-0.25, -0.2) is 14.4 Å². The lowest BCUT2D eigenvalue weighted by Gasteiger charge is -2.29. The summed E-state index contributed by atoms with van der Waals surface area (Å²) in [6.45, 7) is 2.54. The highest BCUT2D eigenvalue weighted by Crippen LogP contribution is 2.25. The van der Waals surface area contributed by atoms with Gasteiger partial charge in [0.2, 0.25) is 0 Å². The predicted octanol–water partition coefficient (Wildman–Crippen LogP) is 0.239. The smallest absolute Gasteiger partial charge is 0.385 e. The number of hydrogen-bond donors (Lipinski definition) is 1. The van der Waals surface area contributed by atoms with E-state index in [-0.39, 0.29) is 0 Å². The molecule has 354 valence electrons. The molecule has 80 heavy (non-hydrogen) atoms. The Bertz CT molecular complexity index is 4190. The van der Waals surface area contributed by atoms with Gasteiger partial charge in [0.05, 0.1) is 11.8 Å². The van der Waals surface area contributed by atoms with Crippen LogP contribution in [-0.2, 0) is 33.4 Å². The summed E-state index contributed by atoms with van der Waals surface area (Å²) in [5.74, 6) is 140. The minimum Gasteiger partial charge on any atom is -0.481 e. The topological polar surface area (TPSA) is 116 Å². The molecule has 0 fully saturated rings. The second kappa shape index (κ2) is 51.5. The van der Waals surface area contributed by atoms with E-state index in [9.17, 15) is 24.3 Å². The van der Waals surface area contributed by atoms with E-state index in [1.807, 2.05) is 0 Å². The Morgan fingerprint density at radius 2 is 0.388 bits per heavy atom. The Morgan fingerprint density at radius 1 is 0.250 bits per heavy atom. The molecule has 0 saturated heterocycles. The van der Waals surface area contributed by atoms with Gasteiger partial charge < -0.3 is 19.3 Å². The molecule has 0 saturated carbocycles. The second-order valence-electron chi connectivity index (χ2n) is 11.7. The van der Waals surface area contributed by atoms with Crippen LogP contribution >= 0.6 is 0 Å². The summed E-state index contributed by atoms with van der Waals surface area (Å²) in [6.07, 6.45) is -0.872. The molecule has 0 aromatic carbocycles. The van der Waals surface area contributed by atoms with Crippen molar-refractivity contribution >= 4 is 23.9 Å². The maximum atomic E-state index is 12.5. The summed E-state index contributed by atoms with van der Waals surface area (Å²) >= 11 is 0. The molecule has 0 atom stereocenters. The van der Waals surface area contributed by atoms with E-state index >= 15 is 0 Å². The minimum absolute atomic E-state index is 0.807. The number of esters is 3. The lowest BCUT2D eigenvalue weighted by atomic mass is 9.87. The molecule has 1 N–H and O–H groups in total. The van der Waals surface area contributed by atoms with Crippen molar-refractivity contribution in [1.82, 2.24) is 0 Å². The zero-order valence-corrected chi connectivity index (χ0v) is 41.6. The first-order valence-corrected chi connectivity index (χ1v) is 20.8. The van der Waals surface area contributed by atoms with E-state index in [1.54, 1.807) is 20.8 Å². The summed E-state index contributed by atoms with van der Waals surface area (Å²) in [5.41, 5.74) is -1.90. The number of hydrogen-bond acceptors (Lipinski definition) is 7. The molecule has 8 heteroatoms. The molecule has 0 unspecified atom stereocenters. The lowest BCUT2D eigenvalue weighted by molar-refractivity contribution is -0.162. The third-order valence-corrected chi connectivity index (χ3v) is 6.11. The van der Waals surface area contributed by atoms with Crippen molar-refractivity contribution in [1.29, 1.82) is 0 Å². The van der Waals surface area contributed by atoms with Crippen LogP contribution in [0.3, 0.4) is 0 Å². The molecule has 0 rings (SSSR count). The van der Waals surface area contributed by atoms with Crippen molar-refractivity contribution in [3.63, 3.8) is 0 Å². The van der Waals surface area contributed by atoms with Crippen molar-refractivity contribution in [2.24, 2.45) is 5.41 Å². The van der Waals surface area contributed by atoms with Crippen LogP contribution in [0.15, 0.2) is 0 Å². The van der Waals surface area contributed by atoms with Crippen LogP contribution in [-0.4, -0.2) is 48.8 Å². The largest absolute Gasteiger partial charge is 0.481 e. The molecule has 0 amide bonds. The normalized spacial score (nSPS) is 5.64. The Morgan fingerprint density at radius 3 is 0.525 bits per heavy atom. The first kappa shape index (κ1) is 64.7. The number of aliphatic carboxylic acids is 1. The summed E-state index contributed by atoms with van der Waals surface area (Å²) in [7, 11) is 0. The third-order valence-electron chi connectivity index (χ3n) is 6.11. The molecule has 8 nitrogen and oxygen atoms in total. The first-order chi connectivity index (χ1) is 39.3. The average molecular weight is 1010 g/mol. The van der Waals surface area contributed by atoms with Crippen LogP contribution in [0.2, 0.25) is 0 Å². The fourth-order valence-electron chi connectivity index (χ4n) is 3.30. The van der Waals surface area contributed by atoms with Crippen molar-refractivity contribution in [3.05, 3.63) is 0 Å². The van der Waals surface area contributed by atoms with Crippen LogP contribution < -0.4 is 0 Å². The van der Waals surface area contributed by atoms with Gasteiger partial charge in [-0.05, 0) is 305 Å². The Kier molecular flexibility index (Phi) is 41.7. The van der Waals surface area contributed by atoms with Gasteiger partial charge in [-0.1, -0.05) is 17.8 Å². The third kappa shape index (κ3) is 47.7. The van der Waals surface area contributed by atoms with Crippen molar-refractivity contribution in [3.8, 4) is 355 Å². The minimum atomic E-state index is -1.90. The molecular weight excluding hydrogens is 993 g/mol. The number of carboxylic acid groups (broad SMARTS) is 1. The highest BCUT2D eigenvalue weighted by Gasteiger charge is 2.38. The molecule has 0 spiro atoms. The van der Waals surface area contributed by atoms with E-state index in [0.717, 1.165) is 0 Å². The maximum absolute atomic E-state index is 12.5. The van der Waals surface area contributed by atoms with Gasteiger partial charge in [-0.3, -0.25) is 4.79 Å². The van der Waals surface area contributed by atoms with Crippen LogP contribution in [0.5, 0.6) is 0 Å². The fraction of sp³-hybridized carbons (Fsp3) is 0.111. The SMILES string of the molecule is CC#CC#CC#CC#CC#CC#CC#CC#CC#CC#CC(=O)OCC(COC(=O)C#CC#CC#CC#CC#CC#CC#CC#CC#CC#CC)(COC(=O)C#CC#CC#CC#CC#CC#CC#CC#CC#CC#CC)CC(=O)O. The molecular formula is C72H18O8. The molecule has 0 aliphatic heterocycles. The monoisotopic (exact) mass is 1010 g/mol. The van der Waals surface area contributed by atoms with E-state index < -0.39 is 55.5 Å². The van der Waals surface area contributed by atoms with E-state index in [0.29, 0.717) is 0 Å². The standard InChI is InChI=1S/C72H18O8/c1-4-7-10-13-16-19-22-25-28-31-34-37-40-43-46-49-52-55-58-61-69(75)78-65-72(64-68(73)74,66-79-70(76)62-59-56-53-50-47-44-41-38-35-32-29-26-23-20-17-14-11-8-5-2)67-80-71(77)63-60-57-54-51-48-45-42-39-36-33-30-27-24-21-18-15-12-9-6-3/h64-67H2,1-3H3,(H,73,74). The van der Waals surface area contributed by atoms with Crippen LogP contribution in [0.25, 0.3) is 0 Å². The summed E-state index contributed by atoms with van der Waals surface area (Å²) in [6, 6.07) is 0. The quantitative estimate of drug-likeness (QED) is 0.160. The predicted molar refractivity (Wildman–Crippen MR) is 298 cm³/mol. The summed E-state index contributed by atoms with van der Waals surface area (Å²) in [5, 5.41) is 9.77. The average Bonchev–Trinajstić information content (AvgIpc) is 3.47. The lowest BCUT2D eigenvalue weighted by Crippen LogP contribution is -2.41. The number of ether oxygens (including phenoxy) is 3. The second-order valence-corrected chi connectivity index (χ2v) is 11.7. The highest BCUT2D eigenvalue weighted by atomic mass is 16.6. The fourth-order valence-corrected chi connectivity index (χ4v) is 3.30. The maximum Gasteiger partial charge on any atom is 0.385 e.